The molecule has 3 atom stereocenters. The molecule has 5 heterocycles. The van der Waals surface area contributed by atoms with Gasteiger partial charge in [0.2, 0.25) is 0 Å². The van der Waals surface area contributed by atoms with Crippen LogP contribution in [0, 0.1) is 6.92 Å². The third kappa shape index (κ3) is 8.40. The van der Waals surface area contributed by atoms with Gasteiger partial charge >= 0.3 is 11.9 Å². The Labute approximate surface area is 386 Å². The molecule has 13 heteroatoms. The molecular weight excluding hydrogens is 847 g/mol. The number of hydrogen-bond acceptors (Lipinski definition) is 8. The number of hydrogen-bond donors (Lipinski definition) is 4. The topological polar surface area (TPSA) is 153 Å². The lowest BCUT2D eigenvalue weighted by molar-refractivity contribution is -0.0676. The van der Waals surface area contributed by atoms with E-state index in [0.29, 0.717) is 24.4 Å². The van der Waals surface area contributed by atoms with Crippen LogP contribution in [-0.2, 0) is 24.2 Å². The average Bonchev–Trinajstić information content (AvgIpc) is 4.14. The molecule has 1 spiro atoms. The highest BCUT2D eigenvalue weighted by Gasteiger charge is 2.44. The van der Waals surface area contributed by atoms with Crippen LogP contribution >= 0.6 is 0 Å². The fourth-order valence-electron chi connectivity index (χ4n) is 11.1. The number of methoxy groups -OCH3 is 2. The minimum atomic E-state index is -1.33. The highest BCUT2D eigenvalue weighted by molar-refractivity contribution is 6.71. The Morgan fingerprint density at radius 1 is 0.848 bits per heavy atom. The van der Waals surface area contributed by atoms with Crippen molar-refractivity contribution in [3.05, 3.63) is 153 Å². The number of nitrogens with one attached hydrogen (secondary N) is 2. The van der Waals surface area contributed by atoms with Crippen molar-refractivity contribution in [3.63, 3.8) is 0 Å². The van der Waals surface area contributed by atoms with Crippen LogP contribution in [0.2, 0.25) is 6.04 Å². The van der Waals surface area contributed by atoms with Crippen molar-refractivity contribution < 1.29 is 34.0 Å². The number of likely N-dealkylation sites (tertiary alicyclic amines) is 1. The summed E-state index contributed by atoms with van der Waals surface area (Å²) >= 11 is 0. The molecule has 3 saturated heterocycles. The minimum Gasteiger partial charge on any atom is -0.496 e. The maximum Gasteiger partial charge on any atom is 0.335 e. The van der Waals surface area contributed by atoms with Crippen LogP contribution in [0.15, 0.2) is 103 Å². The first-order valence-corrected chi connectivity index (χ1v) is 24.7. The smallest absolute Gasteiger partial charge is 0.335 e. The van der Waals surface area contributed by atoms with Gasteiger partial charge in [0.1, 0.15) is 11.5 Å². The molecule has 0 saturated carbocycles. The number of benzene rings is 5. The van der Waals surface area contributed by atoms with E-state index in [0.717, 1.165) is 115 Å². The van der Waals surface area contributed by atoms with Gasteiger partial charge in [0.15, 0.2) is 8.96 Å². The van der Waals surface area contributed by atoms with Crippen molar-refractivity contribution in [1.29, 1.82) is 0 Å². The highest BCUT2D eigenvalue weighted by atomic mass is 28.3. The summed E-state index contributed by atoms with van der Waals surface area (Å²) in [4.78, 5) is 29.5. The zero-order chi connectivity index (χ0) is 45.5. The van der Waals surface area contributed by atoms with E-state index in [1.54, 1.807) is 38.5 Å². The minimum absolute atomic E-state index is 0.0483. The SMILES string of the molecule is COc1cc(C)c2[nH]ccc2c1CN1CCC(c2cccc(Cc3cc(OC)c(CN4CCC5(CCCO5)CC4c4ccc(C(=O)O)cc4)c4cn[nH]c34)c2)C[Si]1c1ccc(C(=O)O)cc1. The van der Waals surface area contributed by atoms with E-state index >= 15 is 0 Å². The molecule has 3 aliphatic rings. The van der Waals surface area contributed by atoms with E-state index < -0.39 is 20.9 Å². The Morgan fingerprint density at radius 2 is 1.59 bits per heavy atom. The van der Waals surface area contributed by atoms with Crippen molar-refractivity contribution in [2.45, 2.75) is 82.1 Å². The Morgan fingerprint density at radius 3 is 2.32 bits per heavy atom. The molecule has 0 aliphatic carbocycles. The van der Waals surface area contributed by atoms with Gasteiger partial charge in [-0.1, -0.05) is 48.5 Å². The second kappa shape index (κ2) is 18.2. The lowest BCUT2D eigenvalue weighted by Gasteiger charge is -2.45. The summed E-state index contributed by atoms with van der Waals surface area (Å²) in [5, 5.41) is 30.7. The molecule has 0 bridgehead atoms. The molecule has 5 aromatic carbocycles. The summed E-state index contributed by atoms with van der Waals surface area (Å²) in [6, 6.07) is 31.4. The first-order valence-electron chi connectivity index (χ1n) is 23.0. The number of nitrogens with zero attached hydrogens (tertiary/aromatic N) is 3. The van der Waals surface area contributed by atoms with Crippen LogP contribution in [0.4, 0.5) is 0 Å². The molecular formula is C53H56N5O7Si. The number of rotatable bonds is 13. The van der Waals surface area contributed by atoms with E-state index in [4.69, 9.17) is 14.2 Å². The zero-order valence-corrected chi connectivity index (χ0v) is 38.7. The van der Waals surface area contributed by atoms with Gasteiger partial charge in [0, 0.05) is 65.9 Å². The maximum absolute atomic E-state index is 11.9. The van der Waals surface area contributed by atoms with Crippen molar-refractivity contribution in [2.24, 2.45) is 0 Å². The first-order chi connectivity index (χ1) is 32.1. The molecule has 10 rings (SSSR count). The number of carboxylic acids is 2. The van der Waals surface area contributed by atoms with Gasteiger partial charge in [0.25, 0.3) is 0 Å². The molecule has 1 radical (unpaired) electrons. The number of aromatic amines is 2. The average molecular weight is 903 g/mol. The fourth-order valence-corrected chi connectivity index (χ4v) is 14.2. The molecule has 4 N–H and O–H groups in total. The third-order valence-electron chi connectivity index (χ3n) is 14.6. The standard InChI is InChI=1S/C53H56N5O7Si/c1-33-24-47(63-2)45(42-16-20-54-49(33)42)31-58-21-17-39(32-66(58)41-14-12-37(13-15-41)52(61)62)38-7-4-6-34(25-38)26-40-27-48(64-3)44(43-29-55-56-50(40)43)30-57-22-19-53(18-5-23-65-53)28-46(57)35-8-10-36(11-9-35)51(59)60/h4,6-16,20,24-25,27,29,39,46,54H,5,17-19,21-23,26,28,30-32H2,1-3H3,(H,55,56)(H,59,60)(H,61,62). The normalized spacial score (nSPS) is 20.7. The summed E-state index contributed by atoms with van der Waals surface area (Å²) < 4.78 is 21.2. The van der Waals surface area contributed by atoms with E-state index in [-0.39, 0.29) is 17.2 Å². The second-order valence-corrected chi connectivity index (χ2v) is 20.9. The summed E-state index contributed by atoms with van der Waals surface area (Å²) in [5.74, 6) is 0.197. The predicted molar refractivity (Wildman–Crippen MR) is 257 cm³/mol. The van der Waals surface area contributed by atoms with Crippen molar-refractivity contribution >= 4 is 47.9 Å². The Kier molecular flexibility index (Phi) is 12.0. The monoisotopic (exact) mass is 902 g/mol. The number of H-pyrrole nitrogens is 2. The summed E-state index contributed by atoms with van der Waals surface area (Å²) in [7, 11) is 2.16. The molecule has 7 aromatic rings. The van der Waals surface area contributed by atoms with Crippen LogP contribution in [0.3, 0.4) is 0 Å². The quantitative estimate of drug-likeness (QED) is 0.0825. The highest BCUT2D eigenvalue weighted by Crippen LogP contribution is 2.46. The van der Waals surface area contributed by atoms with E-state index in [9.17, 15) is 19.8 Å². The number of carboxylic acid groups (broad SMARTS) is 2. The third-order valence-corrected chi connectivity index (χ3v) is 17.6. The molecule has 0 amide bonds. The number of ether oxygens (including phenoxy) is 3. The van der Waals surface area contributed by atoms with Gasteiger partial charge in [0.05, 0.1) is 42.7 Å². The number of aryl methyl sites for hydroxylation is 1. The Bertz CT molecular complexity index is 2900. The maximum atomic E-state index is 11.9. The zero-order valence-electron chi connectivity index (χ0n) is 37.7. The summed E-state index contributed by atoms with van der Waals surface area (Å²) in [5.41, 5.74) is 10.7. The Balaban J connectivity index is 0.919. The van der Waals surface area contributed by atoms with Crippen molar-refractivity contribution in [2.75, 3.05) is 33.9 Å². The van der Waals surface area contributed by atoms with Gasteiger partial charge in [-0.3, -0.25) is 10.00 Å². The number of fused-ring (bicyclic) bond motifs is 2. The number of aromatic nitrogens is 3. The van der Waals surface area contributed by atoms with Gasteiger partial charge in [-0.15, -0.1) is 0 Å². The van der Waals surface area contributed by atoms with Crippen LogP contribution in [-0.4, -0.2) is 95.3 Å². The largest absolute Gasteiger partial charge is 0.496 e. The predicted octanol–water partition coefficient (Wildman–Crippen LogP) is 9.13. The van der Waals surface area contributed by atoms with Gasteiger partial charge in [-0.05, 0) is 139 Å². The Hall–Kier alpha value is -6.25. The van der Waals surface area contributed by atoms with E-state index in [1.807, 2.05) is 36.7 Å². The van der Waals surface area contributed by atoms with Crippen molar-refractivity contribution in [3.8, 4) is 11.5 Å². The molecule has 3 fully saturated rings. The molecule has 3 unspecified atom stereocenters. The molecule has 339 valence electrons. The molecule has 12 nitrogen and oxygen atoms in total. The summed E-state index contributed by atoms with van der Waals surface area (Å²) in [6.45, 7) is 6.02. The van der Waals surface area contributed by atoms with Crippen molar-refractivity contribution in [1.82, 2.24) is 24.6 Å². The fraction of sp³-hybridized carbons (Fsp3) is 0.340. The van der Waals surface area contributed by atoms with Crippen LogP contribution in [0.25, 0.3) is 21.8 Å². The summed E-state index contributed by atoms with van der Waals surface area (Å²) in [6.07, 6.45) is 9.50. The second-order valence-electron chi connectivity index (χ2n) is 18.4. The van der Waals surface area contributed by atoms with Gasteiger partial charge in [-0.25, -0.2) is 9.59 Å². The number of carbonyl (C=O) groups is 2. The van der Waals surface area contributed by atoms with Gasteiger partial charge in [-0.2, -0.15) is 5.10 Å². The lowest BCUT2D eigenvalue weighted by Crippen LogP contribution is -2.52. The molecule has 66 heavy (non-hydrogen) atoms. The van der Waals surface area contributed by atoms with Crippen LogP contribution in [0.1, 0.15) is 104 Å². The van der Waals surface area contributed by atoms with Crippen LogP contribution < -0.4 is 14.7 Å². The van der Waals surface area contributed by atoms with E-state index in [1.165, 1.54) is 27.3 Å². The molecule has 3 aliphatic heterocycles. The lowest BCUT2D eigenvalue weighted by atomic mass is 9.81. The van der Waals surface area contributed by atoms with E-state index in [2.05, 4.69) is 74.0 Å². The first kappa shape index (κ1) is 43.6. The van der Waals surface area contributed by atoms with Crippen LogP contribution in [0.5, 0.6) is 11.5 Å². The van der Waals surface area contributed by atoms with Gasteiger partial charge < -0.3 is 34.0 Å². The number of aromatic carboxylic acids is 2. The number of piperidine rings is 1. The molecule has 2 aromatic heterocycles.